The average molecular weight is 353 g/mol. The standard InChI is InChI=1S/C16H17ClN2O3S/c1-4-9(2)22-13-6-5-10(8-12(13)17)7-11-14(20)18-16(23)19(3)15(11)21/h5-9H,4H2,1-3H3,(H,18,20,23)/b11-7-/t9-/m0/s1. The molecule has 1 aromatic carbocycles. The van der Waals surface area contributed by atoms with Crippen molar-refractivity contribution in [3.63, 3.8) is 0 Å². The monoisotopic (exact) mass is 352 g/mol. The number of likely N-dealkylation sites (N-methyl/N-ethyl adjacent to an activating group) is 1. The van der Waals surface area contributed by atoms with Crippen molar-refractivity contribution in [2.45, 2.75) is 26.4 Å². The Labute approximate surface area is 145 Å². The first kappa shape index (κ1) is 17.4. The number of hydrogen-bond acceptors (Lipinski definition) is 4. The number of carbonyl (C=O) groups is 2. The summed E-state index contributed by atoms with van der Waals surface area (Å²) in [5.41, 5.74) is 0.638. The number of nitrogens with one attached hydrogen (secondary N) is 1. The van der Waals surface area contributed by atoms with Gasteiger partial charge in [0.2, 0.25) is 0 Å². The van der Waals surface area contributed by atoms with Crippen LogP contribution in [0.4, 0.5) is 0 Å². The van der Waals surface area contributed by atoms with Gasteiger partial charge in [-0.25, -0.2) is 0 Å². The SMILES string of the molecule is CC[C@H](C)Oc1ccc(/C=C2/C(=O)NC(=S)N(C)C2=O)cc1Cl. The van der Waals surface area contributed by atoms with Crippen LogP contribution < -0.4 is 10.1 Å². The van der Waals surface area contributed by atoms with Gasteiger partial charge in [-0.1, -0.05) is 24.6 Å². The Balaban J connectivity index is 2.29. The van der Waals surface area contributed by atoms with Gasteiger partial charge in [0.15, 0.2) is 5.11 Å². The quantitative estimate of drug-likeness (QED) is 0.514. The van der Waals surface area contributed by atoms with Crippen LogP contribution in [-0.4, -0.2) is 35.0 Å². The molecule has 7 heteroatoms. The fourth-order valence-corrected chi connectivity index (χ4v) is 2.32. The Morgan fingerprint density at radius 3 is 2.74 bits per heavy atom. The van der Waals surface area contributed by atoms with Gasteiger partial charge in [0.05, 0.1) is 11.1 Å². The number of benzene rings is 1. The second-order valence-electron chi connectivity index (χ2n) is 5.21. The van der Waals surface area contributed by atoms with Gasteiger partial charge in [-0.2, -0.15) is 0 Å². The molecule has 0 bridgehead atoms. The smallest absolute Gasteiger partial charge is 0.265 e. The summed E-state index contributed by atoms with van der Waals surface area (Å²) in [6, 6.07) is 5.12. The number of ether oxygens (including phenoxy) is 1. The van der Waals surface area contributed by atoms with Crippen molar-refractivity contribution in [2.75, 3.05) is 7.05 Å². The molecule has 0 saturated carbocycles. The highest BCUT2D eigenvalue weighted by Crippen LogP contribution is 2.28. The Morgan fingerprint density at radius 1 is 1.43 bits per heavy atom. The molecule has 1 aliphatic rings. The van der Waals surface area contributed by atoms with Crippen LogP contribution in [0, 0.1) is 0 Å². The van der Waals surface area contributed by atoms with E-state index in [0.717, 1.165) is 6.42 Å². The van der Waals surface area contributed by atoms with E-state index in [1.54, 1.807) is 18.2 Å². The van der Waals surface area contributed by atoms with Crippen LogP contribution in [0.15, 0.2) is 23.8 Å². The largest absolute Gasteiger partial charge is 0.489 e. The summed E-state index contributed by atoms with van der Waals surface area (Å²) in [5.74, 6) is -0.398. The number of nitrogens with zero attached hydrogens (tertiary/aromatic N) is 1. The third-order valence-electron chi connectivity index (χ3n) is 3.47. The summed E-state index contributed by atoms with van der Waals surface area (Å²) in [6.07, 6.45) is 2.40. The number of thiocarbonyl (C=S) groups is 1. The summed E-state index contributed by atoms with van der Waals surface area (Å²) in [7, 11) is 1.51. The van der Waals surface area contributed by atoms with Gasteiger partial charge in [-0.15, -0.1) is 0 Å². The predicted molar refractivity (Wildman–Crippen MR) is 93.3 cm³/mol. The molecule has 0 spiro atoms. The number of halogens is 1. The van der Waals surface area contributed by atoms with Crippen molar-refractivity contribution in [3.05, 3.63) is 34.4 Å². The van der Waals surface area contributed by atoms with Gasteiger partial charge < -0.3 is 4.74 Å². The van der Waals surface area contributed by atoms with Crippen LogP contribution >= 0.6 is 23.8 Å². The average Bonchev–Trinajstić information content (AvgIpc) is 2.51. The molecule has 122 valence electrons. The van der Waals surface area contributed by atoms with E-state index >= 15 is 0 Å². The summed E-state index contributed by atoms with van der Waals surface area (Å²) < 4.78 is 5.69. The molecule has 23 heavy (non-hydrogen) atoms. The number of carbonyl (C=O) groups excluding carboxylic acids is 2. The van der Waals surface area contributed by atoms with Crippen LogP contribution in [-0.2, 0) is 9.59 Å². The van der Waals surface area contributed by atoms with Gasteiger partial charge >= 0.3 is 0 Å². The van der Waals surface area contributed by atoms with Gasteiger partial charge in [0.1, 0.15) is 11.3 Å². The lowest BCUT2D eigenvalue weighted by molar-refractivity contribution is -0.128. The van der Waals surface area contributed by atoms with Crippen LogP contribution in [0.5, 0.6) is 5.75 Å². The first-order valence-electron chi connectivity index (χ1n) is 7.14. The maximum Gasteiger partial charge on any atom is 0.265 e. The van der Waals surface area contributed by atoms with Gasteiger partial charge in [-0.3, -0.25) is 19.8 Å². The van der Waals surface area contributed by atoms with E-state index < -0.39 is 11.8 Å². The lowest BCUT2D eigenvalue weighted by atomic mass is 10.1. The summed E-state index contributed by atoms with van der Waals surface area (Å²) in [5, 5.41) is 2.97. The topological polar surface area (TPSA) is 58.6 Å². The molecule has 0 radical (unpaired) electrons. The normalized spacial score (nSPS) is 18.2. The fourth-order valence-electron chi connectivity index (χ4n) is 1.91. The molecule has 5 nitrogen and oxygen atoms in total. The number of rotatable bonds is 4. The molecule has 1 atom stereocenters. The molecule has 1 aliphatic heterocycles. The highest BCUT2D eigenvalue weighted by Gasteiger charge is 2.30. The van der Waals surface area contributed by atoms with Crippen LogP contribution in [0.25, 0.3) is 6.08 Å². The van der Waals surface area contributed by atoms with Crippen molar-refractivity contribution >= 4 is 46.8 Å². The van der Waals surface area contributed by atoms with Gasteiger partial charge in [0.25, 0.3) is 11.8 Å². The molecule has 2 amide bonds. The van der Waals surface area contributed by atoms with Crippen molar-refractivity contribution in [1.82, 2.24) is 10.2 Å². The molecule has 1 fully saturated rings. The van der Waals surface area contributed by atoms with E-state index in [2.05, 4.69) is 5.32 Å². The second kappa shape index (κ2) is 7.10. The van der Waals surface area contributed by atoms with Crippen LogP contribution in [0.2, 0.25) is 5.02 Å². The fraction of sp³-hybridized carbons (Fsp3) is 0.312. The predicted octanol–water partition coefficient (Wildman–Crippen LogP) is 2.77. The summed E-state index contributed by atoms with van der Waals surface area (Å²) in [6.45, 7) is 3.97. The number of amides is 2. The molecular weight excluding hydrogens is 336 g/mol. The Bertz CT molecular complexity index is 703. The zero-order valence-corrected chi connectivity index (χ0v) is 14.6. The Kier molecular flexibility index (Phi) is 5.38. The minimum atomic E-state index is -0.519. The van der Waals surface area contributed by atoms with Crippen molar-refractivity contribution in [1.29, 1.82) is 0 Å². The highest BCUT2D eigenvalue weighted by molar-refractivity contribution is 7.80. The van der Waals surface area contributed by atoms with Crippen molar-refractivity contribution < 1.29 is 14.3 Å². The van der Waals surface area contributed by atoms with E-state index in [9.17, 15) is 9.59 Å². The third-order valence-corrected chi connectivity index (χ3v) is 4.15. The van der Waals surface area contributed by atoms with E-state index in [4.69, 9.17) is 28.6 Å². The lowest BCUT2D eigenvalue weighted by Crippen LogP contribution is -2.52. The van der Waals surface area contributed by atoms with E-state index in [1.165, 1.54) is 18.0 Å². The number of hydrogen-bond donors (Lipinski definition) is 1. The lowest BCUT2D eigenvalue weighted by Gasteiger charge is -2.25. The maximum absolute atomic E-state index is 12.1. The van der Waals surface area contributed by atoms with Gasteiger partial charge in [-0.05, 0) is 49.3 Å². The zero-order valence-electron chi connectivity index (χ0n) is 13.1. The summed E-state index contributed by atoms with van der Waals surface area (Å²) in [4.78, 5) is 25.3. The van der Waals surface area contributed by atoms with E-state index in [0.29, 0.717) is 16.3 Å². The highest BCUT2D eigenvalue weighted by atomic mass is 35.5. The Morgan fingerprint density at radius 2 is 2.13 bits per heavy atom. The molecule has 1 N–H and O–H groups in total. The van der Waals surface area contributed by atoms with Crippen LogP contribution in [0.1, 0.15) is 25.8 Å². The molecular formula is C16H17ClN2O3S. The third kappa shape index (κ3) is 3.89. The molecule has 2 rings (SSSR count). The molecule has 1 aromatic rings. The molecule has 0 aliphatic carbocycles. The van der Waals surface area contributed by atoms with Gasteiger partial charge in [0, 0.05) is 7.05 Å². The Hall–Kier alpha value is -1.92. The van der Waals surface area contributed by atoms with Crippen LogP contribution in [0.3, 0.4) is 0 Å². The molecule has 0 unspecified atom stereocenters. The first-order valence-corrected chi connectivity index (χ1v) is 7.93. The van der Waals surface area contributed by atoms with E-state index in [-0.39, 0.29) is 16.8 Å². The zero-order chi connectivity index (χ0) is 17.1. The minimum absolute atomic E-state index is 0.00719. The first-order chi connectivity index (χ1) is 10.8. The summed E-state index contributed by atoms with van der Waals surface area (Å²) >= 11 is 11.1. The molecule has 0 aromatic heterocycles. The maximum atomic E-state index is 12.1. The molecule has 1 saturated heterocycles. The molecule has 1 heterocycles. The van der Waals surface area contributed by atoms with Crippen molar-refractivity contribution in [2.24, 2.45) is 0 Å². The van der Waals surface area contributed by atoms with E-state index in [1.807, 2.05) is 13.8 Å². The minimum Gasteiger partial charge on any atom is -0.489 e. The second-order valence-corrected chi connectivity index (χ2v) is 6.00. The van der Waals surface area contributed by atoms with Crippen molar-refractivity contribution in [3.8, 4) is 5.75 Å².